The molecule has 0 radical (unpaired) electrons. The normalized spacial score (nSPS) is 11.6. The zero-order chi connectivity index (χ0) is 20.6. The highest BCUT2D eigenvalue weighted by atomic mass is 32.2. The number of hydrogen-bond acceptors (Lipinski definition) is 6. The van der Waals surface area contributed by atoms with Crippen LogP contribution in [0.2, 0.25) is 0 Å². The first kappa shape index (κ1) is 19.4. The number of hydrogen-bond donors (Lipinski definition) is 1. The van der Waals surface area contributed by atoms with Gasteiger partial charge < -0.3 is 4.74 Å². The lowest BCUT2D eigenvalue weighted by Gasteiger charge is -2.13. The van der Waals surface area contributed by atoms with Crippen LogP contribution in [0.3, 0.4) is 0 Å². The lowest BCUT2D eigenvalue weighted by Crippen LogP contribution is -2.14. The van der Waals surface area contributed by atoms with Gasteiger partial charge in [-0.3, -0.25) is 4.72 Å². The summed E-state index contributed by atoms with van der Waals surface area (Å²) in [4.78, 5) is 10.00. The van der Waals surface area contributed by atoms with Crippen molar-refractivity contribution < 1.29 is 13.2 Å². The number of nitrogens with zero attached hydrogens (tertiary/aromatic N) is 2. The summed E-state index contributed by atoms with van der Waals surface area (Å²) in [5.41, 5.74) is 3.87. The van der Waals surface area contributed by atoms with Crippen molar-refractivity contribution in [3.63, 3.8) is 0 Å². The van der Waals surface area contributed by atoms with E-state index in [1.807, 2.05) is 38.1 Å². The Morgan fingerprint density at radius 3 is 2.55 bits per heavy atom. The molecule has 4 rings (SSSR count). The first-order valence-corrected chi connectivity index (χ1v) is 11.2. The maximum atomic E-state index is 12.8. The predicted molar refractivity (Wildman–Crippen MR) is 116 cm³/mol. The fourth-order valence-electron chi connectivity index (χ4n) is 3.03. The summed E-state index contributed by atoms with van der Waals surface area (Å²) in [5, 5.41) is 0.849. The Hall–Kier alpha value is -2.97. The van der Waals surface area contributed by atoms with Crippen molar-refractivity contribution in [2.75, 3.05) is 11.8 Å². The molecule has 2 aromatic carbocycles. The minimum atomic E-state index is -3.71. The van der Waals surface area contributed by atoms with Crippen LogP contribution in [0, 0.1) is 13.8 Å². The van der Waals surface area contributed by atoms with Crippen molar-refractivity contribution in [2.45, 2.75) is 18.7 Å². The SMILES string of the molecule is COc1ccc(S(=O)(=O)Nc2ccc(-c3nc4cccnc4s3)cc2C)cc1C. The van der Waals surface area contributed by atoms with E-state index in [0.29, 0.717) is 11.4 Å². The molecule has 148 valence electrons. The predicted octanol–water partition coefficient (Wildman–Crippen LogP) is 4.78. The molecule has 0 spiro atoms. The summed E-state index contributed by atoms with van der Waals surface area (Å²) in [6.45, 7) is 3.68. The standard InChI is InChI=1S/C21H19N3O3S2/c1-13-11-15(20-23-18-5-4-10-22-21(18)28-20)6-8-17(13)24-29(25,26)16-7-9-19(27-3)14(2)12-16/h4-12,24H,1-3H3. The van der Waals surface area contributed by atoms with E-state index in [2.05, 4.69) is 14.7 Å². The Morgan fingerprint density at radius 1 is 1.03 bits per heavy atom. The summed E-state index contributed by atoms with van der Waals surface area (Å²) in [7, 11) is -2.15. The average molecular weight is 426 g/mol. The van der Waals surface area contributed by atoms with Crippen molar-refractivity contribution >= 4 is 37.4 Å². The zero-order valence-corrected chi connectivity index (χ0v) is 17.8. The van der Waals surface area contributed by atoms with Crippen molar-refractivity contribution in [2.24, 2.45) is 0 Å². The number of nitrogens with one attached hydrogen (secondary N) is 1. The molecule has 6 nitrogen and oxygen atoms in total. The molecule has 0 amide bonds. The van der Waals surface area contributed by atoms with E-state index < -0.39 is 10.0 Å². The van der Waals surface area contributed by atoms with Gasteiger partial charge in [-0.25, -0.2) is 18.4 Å². The van der Waals surface area contributed by atoms with E-state index in [1.54, 1.807) is 31.5 Å². The number of aromatic nitrogens is 2. The first-order chi connectivity index (χ1) is 13.9. The number of rotatable bonds is 5. The van der Waals surface area contributed by atoms with Crippen LogP contribution in [0.15, 0.2) is 59.6 Å². The summed E-state index contributed by atoms with van der Waals surface area (Å²) < 4.78 is 33.5. The minimum Gasteiger partial charge on any atom is -0.496 e. The zero-order valence-electron chi connectivity index (χ0n) is 16.1. The molecule has 1 N–H and O–H groups in total. The van der Waals surface area contributed by atoms with Crippen LogP contribution in [0.4, 0.5) is 5.69 Å². The summed E-state index contributed by atoms with van der Waals surface area (Å²) in [6, 6.07) is 14.1. The maximum Gasteiger partial charge on any atom is 0.261 e. The van der Waals surface area contributed by atoms with Crippen molar-refractivity contribution in [3.05, 3.63) is 65.9 Å². The fourth-order valence-corrected chi connectivity index (χ4v) is 5.15. The molecule has 2 aromatic heterocycles. The lowest BCUT2D eigenvalue weighted by molar-refractivity contribution is 0.411. The summed E-state index contributed by atoms with van der Waals surface area (Å²) in [6.07, 6.45) is 1.74. The number of methoxy groups -OCH3 is 1. The van der Waals surface area contributed by atoms with E-state index in [9.17, 15) is 8.42 Å². The quantitative estimate of drug-likeness (QED) is 0.497. The molecule has 0 aliphatic heterocycles. The van der Waals surface area contributed by atoms with Crippen LogP contribution in [0.1, 0.15) is 11.1 Å². The topological polar surface area (TPSA) is 81.2 Å². The third kappa shape index (κ3) is 3.81. The molecular formula is C21H19N3O3S2. The van der Waals surface area contributed by atoms with Gasteiger partial charge in [0.05, 0.1) is 17.7 Å². The molecule has 0 aliphatic carbocycles. The third-order valence-corrected chi connectivity index (χ3v) is 6.95. The van der Waals surface area contributed by atoms with E-state index in [0.717, 1.165) is 32.0 Å². The van der Waals surface area contributed by atoms with Gasteiger partial charge in [0.2, 0.25) is 0 Å². The molecular weight excluding hydrogens is 406 g/mol. The van der Waals surface area contributed by atoms with Crippen molar-refractivity contribution in [3.8, 4) is 16.3 Å². The van der Waals surface area contributed by atoms with Gasteiger partial charge >= 0.3 is 0 Å². The Kier molecular flexibility index (Phi) is 4.97. The first-order valence-electron chi connectivity index (χ1n) is 8.87. The van der Waals surface area contributed by atoms with E-state index in [4.69, 9.17) is 4.74 Å². The molecule has 8 heteroatoms. The number of benzene rings is 2. The number of fused-ring (bicyclic) bond motifs is 1. The summed E-state index contributed by atoms with van der Waals surface area (Å²) >= 11 is 1.51. The second kappa shape index (κ2) is 7.46. The molecule has 0 atom stereocenters. The molecule has 0 fully saturated rings. The van der Waals surface area contributed by atoms with Gasteiger partial charge in [-0.1, -0.05) is 11.3 Å². The lowest BCUT2D eigenvalue weighted by atomic mass is 10.1. The van der Waals surface area contributed by atoms with Crippen LogP contribution < -0.4 is 9.46 Å². The van der Waals surface area contributed by atoms with E-state index in [-0.39, 0.29) is 4.90 Å². The second-order valence-electron chi connectivity index (χ2n) is 6.61. The summed E-state index contributed by atoms with van der Waals surface area (Å²) in [5.74, 6) is 0.648. The van der Waals surface area contributed by atoms with Crippen LogP contribution in [0.25, 0.3) is 20.9 Å². The molecule has 2 heterocycles. The van der Waals surface area contributed by atoms with Gasteiger partial charge in [-0.2, -0.15) is 0 Å². The molecule has 29 heavy (non-hydrogen) atoms. The van der Waals surface area contributed by atoms with Crippen LogP contribution in [-0.2, 0) is 10.0 Å². The monoisotopic (exact) mass is 425 g/mol. The largest absolute Gasteiger partial charge is 0.496 e. The van der Waals surface area contributed by atoms with Crippen molar-refractivity contribution in [1.82, 2.24) is 9.97 Å². The van der Waals surface area contributed by atoms with Gasteiger partial charge in [0.25, 0.3) is 10.0 Å². The highest BCUT2D eigenvalue weighted by Crippen LogP contribution is 2.32. The molecule has 4 aromatic rings. The number of thiazole rings is 1. The number of aryl methyl sites for hydroxylation is 2. The van der Waals surface area contributed by atoms with Gasteiger partial charge in [-0.05, 0) is 73.5 Å². The number of pyridine rings is 1. The van der Waals surface area contributed by atoms with Crippen LogP contribution in [0.5, 0.6) is 5.75 Å². The third-order valence-electron chi connectivity index (χ3n) is 4.56. The molecule has 0 bridgehead atoms. The Morgan fingerprint density at radius 2 is 1.86 bits per heavy atom. The maximum absolute atomic E-state index is 12.8. The Bertz CT molecular complexity index is 1280. The molecule has 0 saturated carbocycles. The van der Waals surface area contributed by atoms with Gasteiger partial charge in [0.15, 0.2) is 0 Å². The van der Waals surface area contributed by atoms with Gasteiger partial charge in [-0.15, -0.1) is 0 Å². The number of sulfonamides is 1. The smallest absolute Gasteiger partial charge is 0.261 e. The molecule has 0 saturated heterocycles. The van der Waals surface area contributed by atoms with Crippen molar-refractivity contribution in [1.29, 1.82) is 0 Å². The average Bonchev–Trinajstić information content (AvgIpc) is 3.13. The fraction of sp³-hybridized carbons (Fsp3) is 0.143. The highest BCUT2D eigenvalue weighted by Gasteiger charge is 2.17. The van der Waals surface area contributed by atoms with Crippen LogP contribution >= 0.6 is 11.3 Å². The minimum absolute atomic E-state index is 0.191. The van der Waals surface area contributed by atoms with Gasteiger partial charge in [0.1, 0.15) is 21.1 Å². The van der Waals surface area contributed by atoms with E-state index in [1.165, 1.54) is 17.4 Å². The van der Waals surface area contributed by atoms with E-state index >= 15 is 0 Å². The molecule has 0 aliphatic rings. The van der Waals surface area contributed by atoms with Crippen LogP contribution in [-0.4, -0.2) is 25.5 Å². The number of anilines is 1. The highest BCUT2D eigenvalue weighted by molar-refractivity contribution is 7.92. The Balaban J connectivity index is 1.63. The molecule has 0 unspecified atom stereocenters. The number of ether oxygens (including phenoxy) is 1. The Labute approximate surface area is 173 Å². The second-order valence-corrected chi connectivity index (χ2v) is 9.27. The van der Waals surface area contributed by atoms with Gasteiger partial charge in [0, 0.05) is 11.8 Å².